The summed E-state index contributed by atoms with van der Waals surface area (Å²) in [7, 11) is 0. The molecule has 2 aromatic rings. The monoisotopic (exact) mass is 366 g/mol. The largest absolute Gasteiger partial charge is 0.481 e. The van der Waals surface area contributed by atoms with Crippen molar-refractivity contribution in [2.24, 2.45) is 0 Å². The molecule has 0 aromatic heterocycles. The molecule has 1 unspecified atom stereocenters. The van der Waals surface area contributed by atoms with Crippen molar-refractivity contribution in [3.8, 4) is 5.75 Å². The van der Waals surface area contributed by atoms with Crippen LogP contribution in [-0.2, 0) is 4.79 Å². The molecule has 0 saturated carbocycles. The summed E-state index contributed by atoms with van der Waals surface area (Å²) in [6, 6.07) is 17.0. The minimum Gasteiger partial charge on any atom is -0.481 e. The number of likely N-dealkylation sites (tertiary alicyclic amines) is 1. The fourth-order valence-corrected chi connectivity index (χ4v) is 3.30. The molecule has 1 atom stereocenters. The lowest BCUT2D eigenvalue weighted by atomic mass is 10.0. The fourth-order valence-electron chi connectivity index (χ4n) is 3.30. The maximum atomic E-state index is 12.7. The van der Waals surface area contributed by atoms with Gasteiger partial charge in [0.25, 0.3) is 11.8 Å². The third-order valence-corrected chi connectivity index (χ3v) is 4.83. The van der Waals surface area contributed by atoms with Crippen molar-refractivity contribution in [2.75, 3.05) is 13.1 Å². The molecule has 27 heavy (non-hydrogen) atoms. The van der Waals surface area contributed by atoms with Crippen LogP contribution in [0.3, 0.4) is 0 Å². The van der Waals surface area contributed by atoms with Gasteiger partial charge in [0.05, 0.1) is 0 Å². The summed E-state index contributed by atoms with van der Waals surface area (Å²) < 4.78 is 5.80. The Kier molecular flexibility index (Phi) is 6.12. The molecule has 0 radical (unpaired) electrons. The van der Waals surface area contributed by atoms with Gasteiger partial charge in [-0.15, -0.1) is 0 Å². The summed E-state index contributed by atoms with van der Waals surface area (Å²) in [5.41, 5.74) is 1.76. The van der Waals surface area contributed by atoms with Crippen LogP contribution in [0.15, 0.2) is 54.6 Å². The van der Waals surface area contributed by atoms with E-state index in [0.29, 0.717) is 24.4 Å². The summed E-state index contributed by atoms with van der Waals surface area (Å²) in [4.78, 5) is 26.7. The normalized spacial score (nSPS) is 15.9. The van der Waals surface area contributed by atoms with Crippen LogP contribution in [0.2, 0.25) is 0 Å². The summed E-state index contributed by atoms with van der Waals surface area (Å²) in [5.74, 6) is 0.640. The highest BCUT2D eigenvalue weighted by molar-refractivity contribution is 5.94. The molecule has 1 heterocycles. The number of benzene rings is 2. The zero-order valence-corrected chi connectivity index (χ0v) is 15.9. The van der Waals surface area contributed by atoms with E-state index < -0.39 is 6.10 Å². The maximum absolute atomic E-state index is 12.7. The average molecular weight is 366 g/mol. The van der Waals surface area contributed by atoms with Gasteiger partial charge in [-0.25, -0.2) is 0 Å². The first-order chi connectivity index (χ1) is 13.0. The Balaban J connectivity index is 1.48. The molecule has 142 valence electrons. The first kappa shape index (κ1) is 19.0. The van der Waals surface area contributed by atoms with Crippen LogP contribution >= 0.6 is 0 Å². The summed E-state index contributed by atoms with van der Waals surface area (Å²) in [5, 5.41) is 3.06. The lowest BCUT2D eigenvalue weighted by Gasteiger charge is -2.33. The van der Waals surface area contributed by atoms with Crippen molar-refractivity contribution < 1.29 is 14.3 Å². The van der Waals surface area contributed by atoms with Gasteiger partial charge >= 0.3 is 0 Å². The number of nitrogens with zero attached hydrogens (tertiary/aromatic N) is 1. The first-order valence-electron chi connectivity index (χ1n) is 9.41. The van der Waals surface area contributed by atoms with Gasteiger partial charge in [-0.2, -0.15) is 0 Å². The van der Waals surface area contributed by atoms with Crippen LogP contribution in [0.1, 0.15) is 35.7 Å². The second kappa shape index (κ2) is 8.71. The average Bonchev–Trinajstić information content (AvgIpc) is 2.68. The quantitative estimate of drug-likeness (QED) is 0.884. The van der Waals surface area contributed by atoms with E-state index in [1.54, 1.807) is 19.1 Å². The van der Waals surface area contributed by atoms with Crippen LogP contribution in [0.5, 0.6) is 5.75 Å². The van der Waals surface area contributed by atoms with Crippen LogP contribution in [-0.4, -0.2) is 41.9 Å². The predicted octanol–water partition coefficient (Wildman–Crippen LogP) is 3.18. The number of nitrogens with one attached hydrogen (secondary N) is 1. The molecule has 1 saturated heterocycles. The van der Waals surface area contributed by atoms with Crippen LogP contribution < -0.4 is 10.1 Å². The smallest absolute Gasteiger partial charge is 0.263 e. The van der Waals surface area contributed by atoms with E-state index in [4.69, 9.17) is 4.74 Å². The van der Waals surface area contributed by atoms with E-state index in [9.17, 15) is 9.59 Å². The number of carbonyl (C=O) groups is 2. The second-order valence-corrected chi connectivity index (χ2v) is 7.02. The van der Waals surface area contributed by atoms with Crippen LogP contribution in [0, 0.1) is 6.92 Å². The Hall–Kier alpha value is -2.82. The predicted molar refractivity (Wildman–Crippen MR) is 105 cm³/mol. The molecule has 5 heteroatoms. The number of ether oxygens (including phenoxy) is 1. The van der Waals surface area contributed by atoms with E-state index in [0.717, 1.165) is 18.4 Å². The summed E-state index contributed by atoms with van der Waals surface area (Å²) in [6.45, 7) is 5.03. The van der Waals surface area contributed by atoms with Gasteiger partial charge in [-0.05, 0) is 56.5 Å². The molecule has 1 N–H and O–H groups in total. The van der Waals surface area contributed by atoms with E-state index in [1.165, 1.54) is 0 Å². The molecule has 2 amide bonds. The Bertz CT molecular complexity index is 783. The van der Waals surface area contributed by atoms with Crippen LogP contribution in [0.4, 0.5) is 0 Å². The van der Waals surface area contributed by atoms with E-state index in [1.807, 2.05) is 54.3 Å². The zero-order valence-electron chi connectivity index (χ0n) is 15.9. The van der Waals surface area contributed by atoms with E-state index >= 15 is 0 Å². The Morgan fingerprint density at radius 2 is 1.78 bits per heavy atom. The minimum atomic E-state index is -0.526. The lowest BCUT2D eigenvalue weighted by molar-refractivity contribution is -0.139. The molecule has 1 aliphatic heterocycles. The molecule has 0 spiro atoms. The molecular weight excluding hydrogens is 340 g/mol. The SMILES string of the molecule is Cc1cccc(OC(C)C(=O)N2CCC(NC(=O)c3ccccc3)CC2)c1. The Morgan fingerprint density at radius 3 is 2.44 bits per heavy atom. The molecule has 5 nitrogen and oxygen atoms in total. The van der Waals surface area contributed by atoms with Gasteiger partial charge in [0.15, 0.2) is 6.10 Å². The van der Waals surface area contributed by atoms with Gasteiger partial charge < -0.3 is 15.0 Å². The molecular formula is C22H26N2O3. The summed E-state index contributed by atoms with van der Waals surface area (Å²) in [6.07, 6.45) is 0.977. The minimum absolute atomic E-state index is 0.00987. The highest BCUT2D eigenvalue weighted by Crippen LogP contribution is 2.17. The number of aryl methyl sites for hydroxylation is 1. The number of piperidine rings is 1. The Labute approximate surface area is 160 Å². The fraction of sp³-hybridized carbons (Fsp3) is 0.364. The van der Waals surface area contributed by atoms with Gasteiger partial charge in [0, 0.05) is 24.7 Å². The van der Waals surface area contributed by atoms with E-state index in [-0.39, 0.29) is 17.9 Å². The third kappa shape index (κ3) is 5.09. The van der Waals surface area contributed by atoms with Gasteiger partial charge in [-0.3, -0.25) is 9.59 Å². The Morgan fingerprint density at radius 1 is 1.07 bits per heavy atom. The first-order valence-corrected chi connectivity index (χ1v) is 9.41. The highest BCUT2D eigenvalue weighted by atomic mass is 16.5. The molecule has 3 rings (SSSR count). The third-order valence-electron chi connectivity index (χ3n) is 4.83. The van der Waals surface area contributed by atoms with Gasteiger partial charge in [0.2, 0.25) is 0 Å². The number of amides is 2. The number of hydrogen-bond donors (Lipinski definition) is 1. The molecule has 2 aromatic carbocycles. The summed E-state index contributed by atoms with van der Waals surface area (Å²) >= 11 is 0. The topological polar surface area (TPSA) is 58.6 Å². The molecule has 0 bridgehead atoms. The van der Waals surface area contributed by atoms with Crippen molar-refractivity contribution in [3.63, 3.8) is 0 Å². The van der Waals surface area contributed by atoms with Crippen LogP contribution in [0.25, 0.3) is 0 Å². The second-order valence-electron chi connectivity index (χ2n) is 7.02. The van der Waals surface area contributed by atoms with Crippen molar-refractivity contribution >= 4 is 11.8 Å². The maximum Gasteiger partial charge on any atom is 0.263 e. The lowest BCUT2D eigenvalue weighted by Crippen LogP contribution is -2.49. The standard InChI is InChI=1S/C22H26N2O3/c1-16-7-6-10-20(15-16)27-17(2)22(26)24-13-11-19(12-14-24)23-21(25)18-8-4-3-5-9-18/h3-10,15,17,19H,11-14H2,1-2H3,(H,23,25). The molecule has 1 aliphatic rings. The van der Waals surface area contributed by atoms with Crippen molar-refractivity contribution in [1.29, 1.82) is 0 Å². The molecule has 0 aliphatic carbocycles. The van der Waals surface area contributed by atoms with E-state index in [2.05, 4.69) is 5.32 Å². The number of hydrogen-bond acceptors (Lipinski definition) is 3. The van der Waals surface area contributed by atoms with Crippen molar-refractivity contribution in [2.45, 2.75) is 38.8 Å². The van der Waals surface area contributed by atoms with Gasteiger partial charge in [-0.1, -0.05) is 30.3 Å². The van der Waals surface area contributed by atoms with Gasteiger partial charge in [0.1, 0.15) is 5.75 Å². The van der Waals surface area contributed by atoms with Crippen molar-refractivity contribution in [1.82, 2.24) is 10.2 Å². The number of rotatable bonds is 5. The highest BCUT2D eigenvalue weighted by Gasteiger charge is 2.27. The zero-order chi connectivity index (χ0) is 19.2. The molecule has 1 fully saturated rings. The number of carbonyl (C=O) groups excluding carboxylic acids is 2. The van der Waals surface area contributed by atoms with Crippen molar-refractivity contribution in [3.05, 3.63) is 65.7 Å².